The number of aromatic nitrogens is 2. The molecule has 1 heterocycles. The Kier molecular flexibility index (Phi) is 3.87. The monoisotopic (exact) mass is 260 g/mol. The predicted octanol–water partition coefficient (Wildman–Crippen LogP) is 2.01. The number of benzene rings is 1. The van der Waals surface area contributed by atoms with E-state index in [9.17, 15) is 10.1 Å². The highest BCUT2D eigenvalue weighted by molar-refractivity contribution is 5.63. The zero-order chi connectivity index (χ0) is 13.7. The van der Waals surface area contributed by atoms with E-state index in [2.05, 4.69) is 15.3 Å². The van der Waals surface area contributed by atoms with E-state index in [1.165, 1.54) is 13.2 Å². The summed E-state index contributed by atoms with van der Waals surface area (Å²) in [5, 5.41) is 13.9. The molecule has 0 fully saturated rings. The Bertz CT molecular complexity index is 574. The van der Waals surface area contributed by atoms with Crippen molar-refractivity contribution < 1.29 is 9.66 Å². The first kappa shape index (κ1) is 12.7. The second-order valence-corrected chi connectivity index (χ2v) is 3.69. The van der Waals surface area contributed by atoms with Crippen LogP contribution in [-0.4, -0.2) is 22.0 Å². The number of rotatable bonds is 5. The van der Waals surface area contributed by atoms with Gasteiger partial charge >= 0.3 is 0 Å². The van der Waals surface area contributed by atoms with Crippen LogP contribution in [0, 0.1) is 10.1 Å². The number of nitro groups is 1. The maximum Gasteiger partial charge on any atom is 0.296 e. The molecule has 1 aromatic heterocycles. The van der Waals surface area contributed by atoms with Crippen LogP contribution in [0.4, 0.5) is 11.4 Å². The maximum atomic E-state index is 11.0. The van der Waals surface area contributed by atoms with E-state index in [0.29, 0.717) is 23.7 Å². The molecule has 0 bridgehead atoms. The first-order valence-electron chi connectivity index (χ1n) is 5.52. The molecular formula is C12H12N4O3. The summed E-state index contributed by atoms with van der Waals surface area (Å²) in [6.07, 6.45) is 4.74. The van der Waals surface area contributed by atoms with Gasteiger partial charge in [-0.05, 0) is 12.1 Å². The Morgan fingerprint density at radius 2 is 2.26 bits per heavy atom. The Morgan fingerprint density at radius 3 is 2.89 bits per heavy atom. The number of ether oxygens (including phenoxy) is 1. The summed E-state index contributed by atoms with van der Waals surface area (Å²) < 4.78 is 4.97. The van der Waals surface area contributed by atoms with Crippen molar-refractivity contribution >= 4 is 11.4 Å². The molecule has 0 aliphatic carbocycles. The van der Waals surface area contributed by atoms with Gasteiger partial charge in [-0.3, -0.25) is 20.1 Å². The van der Waals surface area contributed by atoms with Crippen LogP contribution < -0.4 is 10.1 Å². The molecule has 2 rings (SSSR count). The zero-order valence-corrected chi connectivity index (χ0v) is 10.2. The summed E-state index contributed by atoms with van der Waals surface area (Å²) in [5.41, 5.74) is 1.08. The Hall–Kier alpha value is -2.70. The third-order valence-corrected chi connectivity index (χ3v) is 2.48. The number of nitro benzene ring substituents is 1. The smallest absolute Gasteiger partial charge is 0.296 e. The molecule has 0 spiro atoms. The summed E-state index contributed by atoms with van der Waals surface area (Å²) in [6.45, 7) is 0.362. The first-order chi connectivity index (χ1) is 9.20. The molecule has 0 unspecified atom stereocenters. The van der Waals surface area contributed by atoms with Gasteiger partial charge in [0, 0.05) is 12.4 Å². The van der Waals surface area contributed by atoms with E-state index in [0.717, 1.165) is 0 Å². The van der Waals surface area contributed by atoms with Gasteiger partial charge in [0.05, 0.1) is 36.5 Å². The number of anilines is 1. The minimum Gasteiger partial charge on any atom is -0.496 e. The summed E-state index contributed by atoms with van der Waals surface area (Å²) in [4.78, 5) is 18.5. The van der Waals surface area contributed by atoms with E-state index in [4.69, 9.17) is 4.74 Å². The van der Waals surface area contributed by atoms with Gasteiger partial charge in [0.15, 0.2) is 0 Å². The molecule has 2 aromatic rings. The summed E-state index contributed by atoms with van der Waals surface area (Å²) in [7, 11) is 1.46. The highest BCUT2D eigenvalue weighted by Gasteiger charge is 2.14. The van der Waals surface area contributed by atoms with Crippen LogP contribution in [0.1, 0.15) is 5.69 Å². The van der Waals surface area contributed by atoms with E-state index in [-0.39, 0.29) is 5.69 Å². The molecule has 7 nitrogen and oxygen atoms in total. The Balaban J connectivity index is 2.18. The largest absolute Gasteiger partial charge is 0.496 e. The fourth-order valence-corrected chi connectivity index (χ4v) is 1.55. The van der Waals surface area contributed by atoms with Crippen LogP contribution in [0.5, 0.6) is 5.75 Å². The van der Waals surface area contributed by atoms with Gasteiger partial charge in [0.1, 0.15) is 11.4 Å². The topological polar surface area (TPSA) is 90.2 Å². The molecule has 1 N–H and O–H groups in total. The van der Waals surface area contributed by atoms with Crippen molar-refractivity contribution in [1.82, 2.24) is 9.97 Å². The molecule has 0 radical (unpaired) electrons. The van der Waals surface area contributed by atoms with Crippen LogP contribution in [0.25, 0.3) is 0 Å². The lowest BCUT2D eigenvalue weighted by Gasteiger charge is -2.07. The van der Waals surface area contributed by atoms with Gasteiger partial charge in [-0.15, -0.1) is 0 Å². The second-order valence-electron chi connectivity index (χ2n) is 3.69. The molecule has 0 atom stereocenters. The highest BCUT2D eigenvalue weighted by Crippen LogP contribution is 2.29. The van der Waals surface area contributed by atoms with Crippen molar-refractivity contribution in [3.05, 3.63) is 52.6 Å². The normalized spacial score (nSPS) is 9.95. The van der Waals surface area contributed by atoms with Crippen LogP contribution in [-0.2, 0) is 6.54 Å². The minimum atomic E-state index is -0.457. The summed E-state index contributed by atoms with van der Waals surface area (Å²) in [5.74, 6) is 0.441. The van der Waals surface area contributed by atoms with Crippen LogP contribution >= 0.6 is 0 Å². The van der Waals surface area contributed by atoms with Crippen molar-refractivity contribution in [2.45, 2.75) is 6.54 Å². The minimum absolute atomic E-state index is 0.0387. The number of nitrogens with zero attached hydrogens (tertiary/aromatic N) is 3. The van der Waals surface area contributed by atoms with Gasteiger partial charge in [-0.1, -0.05) is 0 Å². The van der Waals surface area contributed by atoms with Crippen molar-refractivity contribution in [3.63, 3.8) is 0 Å². The third-order valence-electron chi connectivity index (χ3n) is 2.48. The van der Waals surface area contributed by atoms with E-state index in [1.54, 1.807) is 30.7 Å². The Labute approximate surface area is 109 Å². The lowest BCUT2D eigenvalue weighted by Crippen LogP contribution is -2.04. The number of hydrogen-bond donors (Lipinski definition) is 1. The van der Waals surface area contributed by atoms with Gasteiger partial charge < -0.3 is 10.1 Å². The summed E-state index contributed by atoms with van der Waals surface area (Å²) >= 11 is 0. The lowest BCUT2D eigenvalue weighted by molar-refractivity contribution is -0.384. The van der Waals surface area contributed by atoms with Crippen LogP contribution in [0.2, 0.25) is 0 Å². The first-order valence-corrected chi connectivity index (χ1v) is 5.52. The molecule has 98 valence electrons. The molecule has 0 saturated heterocycles. The van der Waals surface area contributed by atoms with Gasteiger partial charge in [0.2, 0.25) is 0 Å². The second kappa shape index (κ2) is 5.76. The number of methoxy groups -OCH3 is 1. The SMILES string of the molecule is COc1ccc(NCc2cnccn2)c([N+](=O)[O-])c1. The van der Waals surface area contributed by atoms with Crippen LogP contribution in [0.3, 0.4) is 0 Å². The molecule has 19 heavy (non-hydrogen) atoms. The van der Waals surface area contributed by atoms with Crippen molar-refractivity contribution in [2.75, 3.05) is 12.4 Å². The number of hydrogen-bond acceptors (Lipinski definition) is 6. The summed E-state index contributed by atoms with van der Waals surface area (Å²) in [6, 6.07) is 4.64. The van der Waals surface area contributed by atoms with E-state index in [1.807, 2.05) is 0 Å². The van der Waals surface area contributed by atoms with Gasteiger partial charge in [-0.25, -0.2) is 0 Å². The number of nitrogens with one attached hydrogen (secondary N) is 1. The fraction of sp³-hybridized carbons (Fsp3) is 0.167. The zero-order valence-electron chi connectivity index (χ0n) is 10.2. The van der Waals surface area contributed by atoms with Crippen molar-refractivity contribution in [3.8, 4) is 5.75 Å². The van der Waals surface area contributed by atoms with Crippen molar-refractivity contribution in [2.24, 2.45) is 0 Å². The fourth-order valence-electron chi connectivity index (χ4n) is 1.55. The molecule has 0 aliphatic rings. The lowest BCUT2D eigenvalue weighted by atomic mass is 10.2. The third kappa shape index (κ3) is 3.15. The van der Waals surface area contributed by atoms with E-state index < -0.39 is 4.92 Å². The average molecular weight is 260 g/mol. The van der Waals surface area contributed by atoms with Gasteiger partial charge in [0.25, 0.3) is 5.69 Å². The average Bonchev–Trinajstić information content (AvgIpc) is 2.46. The molecular weight excluding hydrogens is 248 g/mol. The quantitative estimate of drug-likeness (QED) is 0.653. The molecule has 1 aromatic carbocycles. The van der Waals surface area contributed by atoms with Crippen molar-refractivity contribution in [1.29, 1.82) is 0 Å². The van der Waals surface area contributed by atoms with Gasteiger partial charge in [-0.2, -0.15) is 0 Å². The molecule has 0 saturated carbocycles. The Morgan fingerprint density at radius 1 is 1.42 bits per heavy atom. The predicted molar refractivity (Wildman–Crippen MR) is 69.0 cm³/mol. The van der Waals surface area contributed by atoms with Crippen LogP contribution in [0.15, 0.2) is 36.8 Å². The maximum absolute atomic E-state index is 11.0. The molecule has 7 heteroatoms. The molecule has 0 amide bonds. The highest BCUT2D eigenvalue weighted by atomic mass is 16.6. The van der Waals surface area contributed by atoms with E-state index >= 15 is 0 Å². The molecule has 0 aliphatic heterocycles. The standard InChI is InChI=1S/C12H12N4O3/c1-19-10-2-3-11(12(6-10)16(17)18)15-8-9-7-13-4-5-14-9/h2-7,15H,8H2,1H3.